The van der Waals surface area contributed by atoms with Crippen LogP contribution in [0.5, 0.6) is 0 Å². The predicted molar refractivity (Wildman–Crippen MR) is 79.1 cm³/mol. The molecule has 3 heteroatoms. The fourth-order valence-electron chi connectivity index (χ4n) is 2.63. The molecule has 1 heterocycles. The SMILES string of the molecule is CC(=O)O[C@@]1(C#Cc2ccccc2)CCN(C)C[C@H]1C. The molecule has 1 saturated heterocycles. The first-order valence-corrected chi connectivity index (χ1v) is 6.98. The number of piperidine rings is 1. The molecule has 0 bridgehead atoms. The summed E-state index contributed by atoms with van der Waals surface area (Å²) < 4.78 is 5.62. The largest absolute Gasteiger partial charge is 0.446 e. The summed E-state index contributed by atoms with van der Waals surface area (Å²) in [7, 11) is 2.08. The topological polar surface area (TPSA) is 29.5 Å². The van der Waals surface area contributed by atoms with Crippen LogP contribution in [-0.2, 0) is 9.53 Å². The zero-order valence-electron chi connectivity index (χ0n) is 12.3. The third-order valence-electron chi connectivity index (χ3n) is 3.76. The molecule has 1 aliphatic heterocycles. The highest BCUT2D eigenvalue weighted by Crippen LogP contribution is 2.31. The molecule has 0 spiro atoms. The Morgan fingerprint density at radius 2 is 2.10 bits per heavy atom. The molecule has 3 nitrogen and oxygen atoms in total. The van der Waals surface area contributed by atoms with Gasteiger partial charge in [0.1, 0.15) is 0 Å². The van der Waals surface area contributed by atoms with Gasteiger partial charge in [0, 0.05) is 37.9 Å². The number of rotatable bonds is 1. The maximum absolute atomic E-state index is 11.5. The Labute approximate surface area is 120 Å². The smallest absolute Gasteiger partial charge is 0.304 e. The minimum Gasteiger partial charge on any atom is -0.446 e. The maximum atomic E-state index is 11.5. The summed E-state index contributed by atoms with van der Waals surface area (Å²) in [5.74, 6) is 6.33. The van der Waals surface area contributed by atoms with Crippen LogP contribution >= 0.6 is 0 Å². The zero-order chi connectivity index (χ0) is 14.6. The van der Waals surface area contributed by atoms with Gasteiger partial charge in [0.05, 0.1) is 0 Å². The Morgan fingerprint density at radius 3 is 2.70 bits per heavy atom. The molecule has 0 radical (unpaired) electrons. The summed E-state index contributed by atoms with van der Waals surface area (Å²) in [4.78, 5) is 13.7. The third-order valence-corrected chi connectivity index (χ3v) is 3.76. The van der Waals surface area contributed by atoms with Gasteiger partial charge in [-0.1, -0.05) is 31.0 Å². The minimum absolute atomic E-state index is 0.196. The highest BCUT2D eigenvalue weighted by atomic mass is 16.6. The monoisotopic (exact) mass is 271 g/mol. The molecule has 2 atom stereocenters. The average molecular weight is 271 g/mol. The predicted octanol–water partition coefficient (Wildman–Crippen LogP) is 2.31. The Morgan fingerprint density at radius 1 is 1.40 bits per heavy atom. The van der Waals surface area contributed by atoms with Gasteiger partial charge < -0.3 is 9.64 Å². The lowest BCUT2D eigenvalue weighted by molar-refractivity contribution is -0.159. The molecule has 1 aliphatic rings. The Bertz CT molecular complexity index is 529. The molecule has 106 valence electrons. The summed E-state index contributed by atoms with van der Waals surface area (Å²) in [6.07, 6.45) is 0.754. The second-order valence-corrected chi connectivity index (χ2v) is 5.51. The lowest BCUT2D eigenvalue weighted by Crippen LogP contribution is -2.51. The minimum atomic E-state index is -0.659. The lowest BCUT2D eigenvalue weighted by atomic mass is 9.82. The van der Waals surface area contributed by atoms with Gasteiger partial charge in [-0.05, 0) is 25.1 Å². The molecular weight excluding hydrogens is 250 g/mol. The molecule has 0 saturated carbocycles. The van der Waals surface area contributed by atoms with Gasteiger partial charge in [0.25, 0.3) is 0 Å². The lowest BCUT2D eigenvalue weighted by Gasteiger charge is -2.41. The molecule has 0 aliphatic carbocycles. The van der Waals surface area contributed by atoms with Crippen LogP contribution in [0.15, 0.2) is 30.3 Å². The number of nitrogens with zero attached hydrogens (tertiary/aromatic N) is 1. The van der Waals surface area contributed by atoms with Gasteiger partial charge in [-0.2, -0.15) is 0 Å². The van der Waals surface area contributed by atoms with E-state index in [2.05, 4.69) is 30.7 Å². The summed E-state index contributed by atoms with van der Waals surface area (Å²) in [6.45, 7) is 5.33. The van der Waals surface area contributed by atoms with Crippen molar-refractivity contribution in [1.82, 2.24) is 4.90 Å². The number of likely N-dealkylation sites (tertiary alicyclic amines) is 1. The molecule has 2 rings (SSSR count). The van der Waals surface area contributed by atoms with Gasteiger partial charge in [0.2, 0.25) is 0 Å². The van der Waals surface area contributed by atoms with Crippen molar-refractivity contribution in [2.24, 2.45) is 5.92 Å². The second-order valence-electron chi connectivity index (χ2n) is 5.51. The van der Waals surface area contributed by atoms with E-state index in [4.69, 9.17) is 4.74 Å². The van der Waals surface area contributed by atoms with Crippen LogP contribution < -0.4 is 0 Å². The van der Waals surface area contributed by atoms with Gasteiger partial charge in [-0.3, -0.25) is 4.79 Å². The molecule has 1 fully saturated rings. The fourth-order valence-corrected chi connectivity index (χ4v) is 2.63. The number of hydrogen-bond acceptors (Lipinski definition) is 3. The van der Waals surface area contributed by atoms with E-state index >= 15 is 0 Å². The number of benzene rings is 1. The number of carbonyl (C=O) groups is 1. The van der Waals surface area contributed by atoms with Crippen molar-refractivity contribution in [2.45, 2.75) is 25.9 Å². The first kappa shape index (κ1) is 14.6. The molecule has 1 aromatic rings. The van der Waals surface area contributed by atoms with Gasteiger partial charge in [-0.25, -0.2) is 0 Å². The number of hydrogen-bond donors (Lipinski definition) is 0. The summed E-state index contributed by atoms with van der Waals surface area (Å²) in [5, 5.41) is 0. The Hall–Kier alpha value is -1.79. The van der Waals surface area contributed by atoms with E-state index in [1.165, 1.54) is 6.92 Å². The van der Waals surface area contributed by atoms with Crippen molar-refractivity contribution < 1.29 is 9.53 Å². The van der Waals surface area contributed by atoms with E-state index in [-0.39, 0.29) is 11.9 Å². The van der Waals surface area contributed by atoms with Crippen molar-refractivity contribution in [3.8, 4) is 11.8 Å². The van der Waals surface area contributed by atoms with Crippen molar-refractivity contribution in [2.75, 3.05) is 20.1 Å². The molecule has 0 aromatic heterocycles. The van der Waals surface area contributed by atoms with Crippen LogP contribution in [0.1, 0.15) is 25.8 Å². The highest BCUT2D eigenvalue weighted by Gasteiger charge is 2.41. The molecule has 20 heavy (non-hydrogen) atoms. The van der Waals surface area contributed by atoms with Crippen molar-refractivity contribution in [1.29, 1.82) is 0 Å². The van der Waals surface area contributed by atoms with E-state index in [9.17, 15) is 4.79 Å². The Balaban J connectivity index is 2.29. The van der Waals surface area contributed by atoms with Crippen molar-refractivity contribution in [3.63, 3.8) is 0 Å². The molecule has 0 amide bonds. The van der Waals surface area contributed by atoms with Gasteiger partial charge >= 0.3 is 5.97 Å². The number of carbonyl (C=O) groups excluding carboxylic acids is 1. The number of esters is 1. The molecule has 1 aromatic carbocycles. The van der Waals surface area contributed by atoms with Crippen LogP contribution in [0.4, 0.5) is 0 Å². The van der Waals surface area contributed by atoms with Crippen LogP contribution in [0.3, 0.4) is 0 Å². The van der Waals surface area contributed by atoms with Crippen LogP contribution in [0.2, 0.25) is 0 Å². The summed E-state index contributed by atoms with van der Waals surface area (Å²) >= 11 is 0. The van der Waals surface area contributed by atoms with E-state index in [1.54, 1.807) is 0 Å². The zero-order valence-corrected chi connectivity index (χ0v) is 12.3. The van der Waals surface area contributed by atoms with Crippen molar-refractivity contribution in [3.05, 3.63) is 35.9 Å². The second kappa shape index (κ2) is 6.11. The Kier molecular flexibility index (Phi) is 4.46. The van der Waals surface area contributed by atoms with E-state index < -0.39 is 5.60 Å². The quantitative estimate of drug-likeness (QED) is 0.580. The van der Waals surface area contributed by atoms with Crippen molar-refractivity contribution >= 4 is 5.97 Å². The van der Waals surface area contributed by atoms with Crippen LogP contribution in [-0.4, -0.2) is 36.6 Å². The molecule has 0 N–H and O–H groups in total. The van der Waals surface area contributed by atoms with E-state index in [0.717, 1.165) is 25.1 Å². The van der Waals surface area contributed by atoms with Gasteiger partial charge in [0.15, 0.2) is 5.60 Å². The first-order chi connectivity index (χ1) is 9.52. The van der Waals surface area contributed by atoms with Gasteiger partial charge in [-0.15, -0.1) is 0 Å². The average Bonchev–Trinajstić information content (AvgIpc) is 2.41. The maximum Gasteiger partial charge on any atom is 0.304 e. The third kappa shape index (κ3) is 3.40. The standard InChI is InChI=1S/C17H21NO2/c1-14-13-18(3)12-11-17(14,20-15(2)19)10-9-16-7-5-4-6-8-16/h4-8,14H,11-13H2,1-3H3/t14-,17+/m1/s1. The van der Waals surface area contributed by atoms with Crippen LogP contribution in [0.25, 0.3) is 0 Å². The fraction of sp³-hybridized carbons (Fsp3) is 0.471. The first-order valence-electron chi connectivity index (χ1n) is 6.98. The highest BCUT2D eigenvalue weighted by molar-refractivity contribution is 5.67. The number of ether oxygens (including phenoxy) is 1. The summed E-state index contributed by atoms with van der Waals surface area (Å²) in [6, 6.07) is 9.81. The molecule has 0 unspecified atom stereocenters. The summed E-state index contributed by atoms with van der Waals surface area (Å²) in [5.41, 5.74) is 0.291. The molecular formula is C17H21NO2. The van der Waals surface area contributed by atoms with E-state index in [0.29, 0.717) is 0 Å². The van der Waals surface area contributed by atoms with E-state index in [1.807, 2.05) is 30.3 Å². The van der Waals surface area contributed by atoms with Crippen LogP contribution in [0, 0.1) is 17.8 Å². The normalized spacial score (nSPS) is 26.4.